The summed E-state index contributed by atoms with van der Waals surface area (Å²) in [5, 5.41) is 1.61. The van der Waals surface area contributed by atoms with Gasteiger partial charge in [-0.2, -0.15) is 0 Å². The number of ether oxygens (including phenoxy) is 1. The van der Waals surface area contributed by atoms with Crippen molar-refractivity contribution in [3.63, 3.8) is 0 Å². The lowest BCUT2D eigenvalue weighted by Crippen LogP contribution is -2.24. The van der Waals surface area contributed by atoms with E-state index in [4.69, 9.17) is 9.72 Å². The maximum Gasteiger partial charge on any atom is 0.263 e. The molecular weight excluding hydrogens is 424 g/mol. The molecule has 0 spiro atoms. The number of aryl methyl sites for hydroxylation is 3. The third kappa shape index (κ3) is 4.27. The Morgan fingerprint density at radius 3 is 2.84 bits per heavy atom. The molecule has 5 rings (SSSR count). The second-order valence-electron chi connectivity index (χ2n) is 7.82. The predicted molar refractivity (Wildman–Crippen MR) is 129 cm³/mol. The van der Waals surface area contributed by atoms with Crippen LogP contribution in [0.25, 0.3) is 10.2 Å². The van der Waals surface area contributed by atoms with E-state index in [0.717, 1.165) is 51.7 Å². The molecule has 1 aliphatic carbocycles. The van der Waals surface area contributed by atoms with Crippen LogP contribution in [0.1, 0.15) is 28.0 Å². The van der Waals surface area contributed by atoms with E-state index in [-0.39, 0.29) is 5.56 Å². The van der Waals surface area contributed by atoms with Crippen molar-refractivity contribution in [2.45, 2.75) is 37.9 Å². The van der Waals surface area contributed by atoms with Gasteiger partial charge in [0.1, 0.15) is 10.6 Å². The van der Waals surface area contributed by atoms with Gasteiger partial charge in [-0.25, -0.2) is 4.98 Å². The average molecular weight is 449 g/mol. The highest BCUT2D eigenvalue weighted by Crippen LogP contribution is 2.35. The number of benzene rings is 2. The van der Waals surface area contributed by atoms with E-state index in [1.807, 2.05) is 41.0 Å². The van der Waals surface area contributed by atoms with Crippen LogP contribution >= 0.6 is 23.1 Å². The molecule has 6 heteroatoms. The Hall–Kier alpha value is -2.57. The van der Waals surface area contributed by atoms with Crippen molar-refractivity contribution < 1.29 is 4.74 Å². The van der Waals surface area contributed by atoms with Gasteiger partial charge in [0.25, 0.3) is 5.56 Å². The Kier molecular flexibility index (Phi) is 5.83. The second-order valence-corrected chi connectivity index (χ2v) is 9.97. The van der Waals surface area contributed by atoms with E-state index in [1.54, 1.807) is 23.1 Å². The number of hydrogen-bond acceptors (Lipinski definition) is 5. The number of thioether (sulfide) groups is 1. The molecule has 4 nitrogen and oxygen atoms in total. The minimum absolute atomic E-state index is 0.0929. The molecule has 0 fully saturated rings. The Morgan fingerprint density at radius 1 is 1.13 bits per heavy atom. The standard InChI is InChI=1S/C25H24N2O2S2/c1-17-7-5-10-19(15-17)29-13-14-30-25-26-23-22(20-11-6-12-21(20)31-23)24(28)27(25)16-18-8-3-2-4-9-18/h2-5,7-10,15H,6,11-14,16H2,1H3. The second kappa shape index (κ2) is 8.89. The SMILES string of the molecule is Cc1cccc(OCCSc2nc3sc4c(c3c(=O)n2Cc2ccccc2)CCC4)c1. The molecule has 2 aromatic heterocycles. The van der Waals surface area contributed by atoms with Crippen LogP contribution in [0.15, 0.2) is 64.5 Å². The quantitative estimate of drug-likeness (QED) is 0.213. The normalized spacial score (nSPS) is 12.9. The minimum atomic E-state index is 0.0929. The zero-order valence-corrected chi connectivity index (χ0v) is 19.1. The smallest absolute Gasteiger partial charge is 0.263 e. The van der Waals surface area contributed by atoms with E-state index >= 15 is 0 Å². The number of aromatic nitrogens is 2. The lowest BCUT2D eigenvalue weighted by molar-refractivity contribution is 0.343. The summed E-state index contributed by atoms with van der Waals surface area (Å²) in [5.74, 6) is 1.60. The molecule has 0 saturated carbocycles. The molecule has 0 radical (unpaired) electrons. The summed E-state index contributed by atoms with van der Waals surface area (Å²) in [6.07, 6.45) is 3.21. The number of thiophene rings is 1. The largest absolute Gasteiger partial charge is 0.493 e. The number of hydrogen-bond donors (Lipinski definition) is 0. The van der Waals surface area contributed by atoms with Gasteiger partial charge in [0, 0.05) is 10.6 Å². The Balaban J connectivity index is 1.43. The number of fused-ring (bicyclic) bond motifs is 3. The molecule has 31 heavy (non-hydrogen) atoms. The first-order valence-electron chi connectivity index (χ1n) is 10.6. The van der Waals surface area contributed by atoms with Gasteiger partial charge in [0.2, 0.25) is 0 Å². The molecule has 0 atom stereocenters. The van der Waals surface area contributed by atoms with Crippen molar-refractivity contribution in [1.82, 2.24) is 9.55 Å². The van der Waals surface area contributed by atoms with Gasteiger partial charge in [-0.3, -0.25) is 9.36 Å². The maximum absolute atomic E-state index is 13.6. The fourth-order valence-electron chi connectivity index (χ4n) is 4.07. The van der Waals surface area contributed by atoms with Crippen LogP contribution in [0, 0.1) is 6.92 Å². The van der Waals surface area contributed by atoms with E-state index < -0.39 is 0 Å². The van der Waals surface area contributed by atoms with E-state index in [0.29, 0.717) is 13.2 Å². The number of rotatable bonds is 7. The average Bonchev–Trinajstić information content (AvgIpc) is 3.35. The van der Waals surface area contributed by atoms with Crippen LogP contribution in [0.2, 0.25) is 0 Å². The minimum Gasteiger partial charge on any atom is -0.493 e. The summed E-state index contributed by atoms with van der Waals surface area (Å²) < 4.78 is 7.75. The van der Waals surface area contributed by atoms with Crippen LogP contribution in [-0.4, -0.2) is 21.9 Å². The third-order valence-electron chi connectivity index (χ3n) is 5.55. The van der Waals surface area contributed by atoms with Crippen molar-refractivity contribution in [3.8, 4) is 5.75 Å². The van der Waals surface area contributed by atoms with Crippen molar-refractivity contribution in [1.29, 1.82) is 0 Å². The number of nitrogens with zero attached hydrogens (tertiary/aromatic N) is 2. The molecule has 4 aromatic rings. The molecule has 2 heterocycles. The summed E-state index contributed by atoms with van der Waals surface area (Å²) in [6.45, 7) is 3.16. The highest BCUT2D eigenvalue weighted by Gasteiger charge is 2.23. The van der Waals surface area contributed by atoms with Crippen molar-refractivity contribution in [3.05, 3.63) is 86.5 Å². The fraction of sp³-hybridized carbons (Fsp3) is 0.280. The highest BCUT2D eigenvalue weighted by atomic mass is 32.2. The first-order valence-corrected chi connectivity index (χ1v) is 12.4. The van der Waals surface area contributed by atoms with Gasteiger partial charge in [0.05, 0.1) is 18.5 Å². The van der Waals surface area contributed by atoms with Crippen LogP contribution in [0.4, 0.5) is 0 Å². The summed E-state index contributed by atoms with van der Waals surface area (Å²) >= 11 is 3.29. The lowest BCUT2D eigenvalue weighted by atomic mass is 10.2. The fourth-order valence-corrected chi connectivity index (χ4v) is 6.19. The van der Waals surface area contributed by atoms with E-state index in [2.05, 4.69) is 25.1 Å². The predicted octanol–water partition coefficient (Wildman–Crippen LogP) is 5.47. The van der Waals surface area contributed by atoms with Crippen LogP contribution < -0.4 is 10.3 Å². The Morgan fingerprint density at radius 2 is 2.00 bits per heavy atom. The molecule has 1 aliphatic rings. The third-order valence-corrected chi connectivity index (χ3v) is 7.67. The highest BCUT2D eigenvalue weighted by molar-refractivity contribution is 7.99. The van der Waals surface area contributed by atoms with Gasteiger partial charge < -0.3 is 4.74 Å². The summed E-state index contributed by atoms with van der Waals surface area (Å²) in [4.78, 5) is 20.7. The van der Waals surface area contributed by atoms with Crippen molar-refractivity contribution in [2.75, 3.05) is 12.4 Å². The Bertz CT molecular complexity index is 1280. The van der Waals surface area contributed by atoms with Gasteiger partial charge in [-0.1, -0.05) is 54.2 Å². The van der Waals surface area contributed by atoms with Gasteiger partial charge in [0.15, 0.2) is 5.16 Å². The van der Waals surface area contributed by atoms with Crippen molar-refractivity contribution >= 4 is 33.3 Å². The first kappa shape index (κ1) is 20.3. The van der Waals surface area contributed by atoms with Gasteiger partial charge in [-0.15, -0.1) is 11.3 Å². The first-order chi connectivity index (χ1) is 15.2. The zero-order valence-electron chi connectivity index (χ0n) is 17.5. The molecule has 2 aromatic carbocycles. The topological polar surface area (TPSA) is 44.1 Å². The lowest BCUT2D eigenvalue weighted by Gasteiger charge is -2.13. The van der Waals surface area contributed by atoms with Crippen LogP contribution in [0.5, 0.6) is 5.75 Å². The molecule has 0 aliphatic heterocycles. The molecule has 0 saturated heterocycles. The van der Waals surface area contributed by atoms with Crippen molar-refractivity contribution in [2.24, 2.45) is 0 Å². The molecule has 0 amide bonds. The summed E-state index contributed by atoms with van der Waals surface area (Å²) in [6, 6.07) is 18.2. The summed E-state index contributed by atoms with van der Waals surface area (Å²) in [7, 11) is 0. The maximum atomic E-state index is 13.6. The van der Waals surface area contributed by atoms with Gasteiger partial charge in [-0.05, 0) is 55.0 Å². The Labute approximate surface area is 189 Å². The summed E-state index contributed by atoms with van der Waals surface area (Å²) in [5.41, 5.74) is 3.61. The van der Waals surface area contributed by atoms with Crippen LogP contribution in [-0.2, 0) is 19.4 Å². The molecule has 0 bridgehead atoms. The molecule has 0 N–H and O–H groups in total. The molecule has 0 unspecified atom stereocenters. The van der Waals surface area contributed by atoms with Crippen LogP contribution in [0.3, 0.4) is 0 Å². The van der Waals surface area contributed by atoms with E-state index in [9.17, 15) is 4.79 Å². The van der Waals surface area contributed by atoms with Gasteiger partial charge >= 0.3 is 0 Å². The molecular formula is C25H24N2O2S2. The monoisotopic (exact) mass is 448 g/mol. The zero-order chi connectivity index (χ0) is 21.2. The molecule has 158 valence electrons. The van der Waals surface area contributed by atoms with E-state index in [1.165, 1.54) is 16.0 Å².